The second kappa shape index (κ2) is 9.60. The molecule has 2 N–H and O–H groups in total. The number of amides is 1. The number of carbonyl (C=O) groups is 1. The quantitative estimate of drug-likeness (QED) is 0.358. The van der Waals surface area contributed by atoms with E-state index in [-0.39, 0.29) is 30.6 Å². The first-order valence-corrected chi connectivity index (χ1v) is 13.4. The number of nitrogens with one attached hydrogen (secondary N) is 2. The van der Waals surface area contributed by atoms with E-state index in [2.05, 4.69) is 15.6 Å². The van der Waals surface area contributed by atoms with E-state index in [1.165, 1.54) is 12.1 Å². The van der Waals surface area contributed by atoms with Gasteiger partial charge in [0.1, 0.15) is 17.3 Å². The van der Waals surface area contributed by atoms with Crippen molar-refractivity contribution < 1.29 is 22.7 Å². The SMILES string of the molecule is O=C1NCc2c(-c3cnc4cc(F)ccn34)ccc(Nc3ccc([C@@H]4CCOC4)c(CN4CCC(F)(F)C4)n3)c21. The maximum atomic E-state index is 13.9. The van der Waals surface area contributed by atoms with Gasteiger partial charge >= 0.3 is 0 Å². The van der Waals surface area contributed by atoms with Crippen LogP contribution in [0.25, 0.3) is 16.9 Å². The van der Waals surface area contributed by atoms with Crippen molar-refractivity contribution in [3.63, 3.8) is 0 Å². The molecule has 0 bridgehead atoms. The summed E-state index contributed by atoms with van der Waals surface area (Å²) in [5.41, 5.74) is 5.71. The molecule has 7 rings (SSSR count). The molecule has 206 valence electrons. The fourth-order valence-corrected chi connectivity index (χ4v) is 6.00. The molecule has 3 aromatic heterocycles. The Morgan fingerprint density at radius 1 is 1.20 bits per heavy atom. The van der Waals surface area contributed by atoms with Gasteiger partial charge in [-0.2, -0.15) is 0 Å². The highest BCUT2D eigenvalue weighted by molar-refractivity contribution is 6.06. The molecule has 2 fully saturated rings. The molecule has 40 heavy (non-hydrogen) atoms. The van der Waals surface area contributed by atoms with E-state index >= 15 is 0 Å². The number of carbonyl (C=O) groups excluding carboxylic acids is 1. The fourth-order valence-electron chi connectivity index (χ4n) is 6.00. The third-order valence-corrected chi connectivity index (χ3v) is 7.98. The zero-order valence-corrected chi connectivity index (χ0v) is 21.6. The Labute approximate surface area is 228 Å². The molecule has 1 aromatic carbocycles. The summed E-state index contributed by atoms with van der Waals surface area (Å²) in [7, 11) is 0. The maximum Gasteiger partial charge on any atom is 0.261 e. The number of imidazole rings is 1. The van der Waals surface area contributed by atoms with Crippen LogP contribution in [0.15, 0.2) is 48.8 Å². The van der Waals surface area contributed by atoms with Gasteiger partial charge in [-0.3, -0.25) is 14.1 Å². The smallest absolute Gasteiger partial charge is 0.261 e. The van der Waals surface area contributed by atoms with E-state index in [4.69, 9.17) is 9.72 Å². The van der Waals surface area contributed by atoms with Crippen LogP contribution in [0.3, 0.4) is 0 Å². The average molecular weight is 549 g/mol. The summed E-state index contributed by atoms with van der Waals surface area (Å²) in [6, 6.07) is 10.3. The number of halogens is 3. The van der Waals surface area contributed by atoms with Crippen LogP contribution in [-0.4, -0.2) is 57.4 Å². The number of fused-ring (bicyclic) bond motifs is 2. The number of hydrogen-bond acceptors (Lipinski definition) is 6. The summed E-state index contributed by atoms with van der Waals surface area (Å²) in [6.07, 6.45) is 4.00. The zero-order chi connectivity index (χ0) is 27.4. The summed E-state index contributed by atoms with van der Waals surface area (Å²) in [5, 5.41) is 6.21. The van der Waals surface area contributed by atoms with Gasteiger partial charge in [0.15, 0.2) is 0 Å². The highest BCUT2D eigenvalue weighted by Gasteiger charge is 2.38. The lowest BCUT2D eigenvalue weighted by molar-refractivity contribution is 0.0113. The Morgan fingerprint density at radius 3 is 2.90 bits per heavy atom. The topological polar surface area (TPSA) is 83.8 Å². The van der Waals surface area contributed by atoms with Crippen LogP contribution in [0.2, 0.25) is 0 Å². The number of likely N-dealkylation sites (tertiary alicyclic amines) is 1. The van der Waals surface area contributed by atoms with E-state index in [1.807, 2.05) is 24.3 Å². The molecule has 0 aliphatic carbocycles. The monoisotopic (exact) mass is 548 g/mol. The number of alkyl halides is 2. The Balaban J connectivity index is 1.23. The zero-order valence-electron chi connectivity index (χ0n) is 21.6. The molecule has 0 unspecified atom stereocenters. The molecular formula is C29H27F3N6O2. The van der Waals surface area contributed by atoms with Crippen molar-refractivity contribution in [2.24, 2.45) is 0 Å². The van der Waals surface area contributed by atoms with Crippen molar-refractivity contribution in [2.75, 3.05) is 31.6 Å². The number of pyridine rings is 2. The number of anilines is 2. The second-order valence-electron chi connectivity index (χ2n) is 10.6. The second-order valence-corrected chi connectivity index (χ2v) is 10.6. The van der Waals surface area contributed by atoms with E-state index in [9.17, 15) is 18.0 Å². The summed E-state index contributed by atoms with van der Waals surface area (Å²) < 4.78 is 48.9. The lowest BCUT2D eigenvalue weighted by Crippen LogP contribution is -2.26. The van der Waals surface area contributed by atoms with Crippen LogP contribution in [-0.2, 0) is 17.8 Å². The average Bonchev–Trinajstić information content (AvgIpc) is 3.72. The van der Waals surface area contributed by atoms with Gasteiger partial charge in [0.05, 0.1) is 42.0 Å². The van der Waals surface area contributed by atoms with Crippen LogP contribution in [0, 0.1) is 5.82 Å². The summed E-state index contributed by atoms with van der Waals surface area (Å²) >= 11 is 0. The highest BCUT2D eigenvalue weighted by atomic mass is 19.3. The minimum atomic E-state index is -2.68. The normalized spacial score (nSPS) is 20.3. The van der Waals surface area contributed by atoms with E-state index in [0.717, 1.165) is 34.5 Å². The van der Waals surface area contributed by atoms with E-state index < -0.39 is 5.92 Å². The minimum absolute atomic E-state index is 0.151. The number of benzene rings is 1. The Hall–Kier alpha value is -3.96. The van der Waals surface area contributed by atoms with Crippen LogP contribution in [0.5, 0.6) is 0 Å². The first kappa shape index (κ1) is 25.0. The van der Waals surface area contributed by atoms with Gasteiger partial charge in [0.25, 0.3) is 11.8 Å². The van der Waals surface area contributed by atoms with E-state index in [0.29, 0.717) is 55.6 Å². The Kier molecular flexibility index (Phi) is 6.01. The van der Waals surface area contributed by atoms with Gasteiger partial charge < -0.3 is 15.4 Å². The van der Waals surface area contributed by atoms with Gasteiger partial charge in [-0.05, 0) is 35.7 Å². The van der Waals surface area contributed by atoms with Crippen molar-refractivity contribution in [1.82, 2.24) is 24.6 Å². The fraction of sp³-hybridized carbons (Fsp3) is 0.345. The lowest BCUT2D eigenvalue weighted by atomic mass is 9.96. The standard InChI is InChI=1S/C29H27F3N6O2/c30-18-5-8-38-24(13-33-26(38)11-18)20-1-3-22(27-21(20)12-34-28(27)39)35-25-4-2-19(17-6-10-40-15-17)23(36-25)14-37-9-7-29(31,32)16-37/h1-5,8,11,13,17H,6-7,9-10,12,14-16H2,(H,34,39)(H,35,36)/t17-/m1/s1. The molecule has 11 heteroatoms. The highest BCUT2D eigenvalue weighted by Crippen LogP contribution is 2.37. The van der Waals surface area contributed by atoms with Gasteiger partial charge in [-0.1, -0.05) is 12.1 Å². The molecule has 0 radical (unpaired) electrons. The molecule has 1 amide bonds. The van der Waals surface area contributed by atoms with E-state index in [1.54, 1.807) is 21.7 Å². The minimum Gasteiger partial charge on any atom is -0.381 e. The number of aromatic nitrogens is 3. The molecule has 0 saturated carbocycles. The van der Waals surface area contributed by atoms with Crippen LogP contribution in [0.4, 0.5) is 24.7 Å². The molecule has 0 spiro atoms. The van der Waals surface area contributed by atoms with Crippen LogP contribution in [0.1, 0.15) is 45.9 Å². The molecule has 4 aromatic rings. The first-order valence-electron chi connectivity index (χ1n) is 13.4. The third-order valence-electron chi connectivity index (χ3n) is 7.98. The Bertz CT molecular complexity index is 1630. The number of ether oxygens (including phenoxy) is 1. The molecular weight excluding hydrogens is 521 g/mol. The third kappa shape index (κ3) is 4.48. The molecule has 2 saturated heterocycles. The molecule has 3 aliphatic heterocycles. The summed E-state index contributed by atoms with van der Waals surface area (Å²) in [5.74, 6) is -2.56. The maximum absolute atomic E-state index is 13.9. The van der Waals surface area contributed by atoms with Crippen molar-refractivity contribution in [3.8, 4) is 11.3 Å². The van der Waals surface area contributed by atoms with Gasteiger partial charge in [0.2, 0.25) is 0 Å². The predicted octanol–water partition coefficient (Wildman–Crippen LogP) is 4.87. The van der Waals surface area contributed by atoms with Crippen molar-refractivity contribution in [2.45, 2.75) is 37.8 Å². The molecule has 1 atom stereocenters. The molecule has 3 aliphatic rings. The number of rotatable bonds is 6. The largest absolute Gasteiger partial charge is 0.381 e. The summed E-state index contributed by atoms with van der Waals surface area (Å²) in [6.45, 7) is 1.96. The number of nitrogens with zero attached hydrogens (tertiary/aromatic N) is 4. The first-order chi connectivity index (χ1) is 19.3. The summed E-state index contributed by atoms with van der Waals surface area (Å²) in [4.78, 5) is 23.9. The molecule has 6 heterocycles. The van der Waals surface area contributed by atoms with Gasteiger partial charge in [0, 0.05) is 56.4 Å². The van der Waals surface area contributed by atoms with Gasteiger partial charge in [-0.15, -0.1) is 0 Å². The van der Waals surface area contributed by atoms with Gasteiger partial charge in [-0.25, -0.2) is 23.1 Å². The molecule has 8 nitrogen and oxygen atoms in total. The predicted molar refractivity (Wildman–Crippen MR) is 142 cm³/mol. The lowest BCUT2D eigenvalue weighted by Gasteiger charge is -2.21. The van der Waals surface area contributed by atoms with Crippen LogP contribution < -0.4 is 10.6 Å². The van der Waals surface area contributed by atoms with Crippen molar-refractivity contribution in [1.29, 1.82) is 0 Å². The van der Waals surface area contributed by atoms with Crippen molar-refractivity contribution in [3.05, 3.63) is 77.0 Å². The number of hydrogen-bond donors (Lipinski definition) is 2. The van der Waals surface area contributed by atoms with Crippen LogP contribution >= 0.6 is 0 Å². The Morgan fingerprint density at radius 2 is 2.10 bits per heavy atom. The van der Waals surface area contributed by atoms with Crippen molar-refractivity contribution >= 4 is 23.1 Å².